The van der Waals surface area contributed by atoms with Crippen molar-refractivity contribution in [3.63, 3.8) is 0 Å². The molecule has 1 amide bonds. The Balaban J connectivity index is 1.63. The molecule has 1 saturated carbocycles. The molecule has 1 aliphatic heterocycles. The van der Waals surface area contributed by atoms with Gasteiger partial charge in [-0.3, -0.25) is 9.36 Å². The van der Waals surface area contributed by atoms with E-state index in [1.165, 1.54) is 31.0 Å². The van der Waals surface area contributed by atoms with Crippen LogP contribution in [0.5, 0.6) is 17.2 Å². The van der Waals surface area contributed by atoms with Crippen molar-refractivity contribution in [3.8, 4) is 28.6 Å². The number of aromatic nitrogens is 3. The smallest absolute Gasteiger partial charge is 0.233 e. The fraction of sp³-hybridized carbons (Fsp3) is 0.640. The molecule has 0 radical (unpaired) electrons. The lowest BCUT2D eigenvalue weighted by Crippen LogP contribution is -2.39. The summed E-state index contributed by atoms with van der Waals surface area (Å²) in [6.45, 7) is 3.97. The minimum absolute atomic E-state index is 0.185. The number of carbonyl (C=O) groups is 1. The molecule has 2 fully saturated rings. The van der Waals surface area contributed by atoms with Gasteiger partial charge in [-0.25, -0.2) is 0 Å². The number of likely N-dealkylation sites (tertiary alicyclic amines) is 1. The van der Waals surface area contributed by atoms with E-state index in [0.29, 0.717) is 35.0 Å². The number of benzene rings is 1. The van der Waals surface area contributed by atoms with Gasteiger partial charge in [0.15, 0.2) is 22.5 Å². The topological polar surface area (TPSA) is 78.7 Å². The zero-order valence-electron chi connectivity index (χ0n) is 20.7. The Morgan fingerprint density at radius 2 is 1.62 bits per heavy atom. The predicted octanol–water partition coefficient (Wildman–Crippen LogP) is 4.83. The van der Waals surface area contributed by atoms with Gasteiger partial charge in [0.1, 0.15) is 0 Å². The van der Waals surface area contributed by atoms with Gasteiger partial charge in [-0.05, 0) is 43.7 Å². The average molecular weight is 489 g/mol. The monoisotopic (exact) mass is 488 g/mol. The van der Waals surface area contributed by atoms with Gasteiger partial charge in [0.2, 0.25) is 11.7 Å². The molecule has 8 nitrogen and oxygen atoms in total. The van der Waals surface area contributed by atoms with Crippen LogP contribution in [0.3, 0.4) is 0 Å². The third-order valence-corrected chi connectivity index (χ3v) is 7.92. The second-order valence-corrected chi connectivity index (χ2v) is 10.2. The number of methoxy groups -OCH3 is 3. The van der Waals surface area contributed by atoms with Crippen LogP contribution in [0.2, 0.25) is 0 Å². The Labute approximate surface area is 206 Å². The normalized spacial score (nSPS) is 17.6. The van der Waals surface area contributed by atoms with Crippen molar-refractivity contribution < 1.29 is 19.0 Å². The second kappa shape index (κ2) is 11.3. The second-order valence-electron chi connectivity index (χ2n) is 9.23. The number of hydrogen-bond donors (Lipinski definition) is 0. The molecule has 0 atom stereocenters. The molecule has 0 bridgehead atoms. The summed E-state index contributed by atoms with van der Waals surface area (Å²) in [4.78, 5) is 14.9. The molecule has 0 unspecified atom stereocenters. The summed E-state index contributed by atoms with van der Waals surface area (Å²) in [5.41, 5.74) is 0.857. The molecule has 186 valence electrons. The number of carbonyl (C=O) groups excluding carboxylic acids is 1. The fourth-order valence-corrected chi connectivity index (χ4v) is 5.83. The van der Waals surface area contributed by atoms with Gasteiger partial charge < -0.3 is 19.1 Å². The van der Waals surface area contributed by atoms with E-state index in [-0.39, 0.29) is 5.91 Å². The van der Waals surface area contributed by atoms with Crippen LogP contribution in [0, 0.1) is 5.92 Å². The van der Waals surface area contributed by atoms with Gasteiger partial charge in [0.05, 0.1) is 27.1 Å². The third kappa shape index (κ3) is 5.29. The molecule has 1 aromatic carbocycles. The number of hydrogen-bond acceptors (Lipinski definition) is 7. The average Bonchev–Trinajstić information content (AvgIpc) is 3.31. The van der Waals surface area contributed by atoms with E-state index in [9.17, 15) is 4.79 Å². The molecule has 1 saturated heterocycles. The van der Waals surface area contributed by atoms with E-state index < -0.39 is 0 Å². The van der Waals surface area contributed by atoms with E-state index in [1.54, 1.807) is 21.3 Å². The quantitative estimate of drug-likeness (QED) is 0.493. The Hall–Kier alpha value is -2.42. The van der Waals surface area contributed by atoms with Crippen LogP contribution >= 0.6 is 11.8 Å². The molecule has 1 aromatic heterocycles. The molecule has 1 aliphatic carbocycles. The summed E-state index contributed by atoms with van der Waals surface area (Å²) >= 11 is 1.50. The lowest BCUT2D eigenvalue weighted by molar-refractivity contribution is -0.129. The van der Waals surface area contributed by atoms with Gasteiger partial charge in [-0.15, -0.1) is 10.2 Å². The van der Waals surface area contributed by atoms with Gasteiger partial charge in [0, 0.05) is 24.7 Å². The summed E-state index contributed by atoms with van der Waals surface area (Å²) in [7, 11) is 4.82. The lowest BCUT2D eigenvalue weighted by atomic mass is 9.95. The maximum atomic E-state index is 12.9. The highest BCUT2D eigenvalue weighted by Gasteiger charge is 2.27. The van der Waals surface area contributed by atoms with Crippen LogP contribution in [0.15, 0.2) is 17.3 Å². The van der Waals surface area contributed by atoms with E-state index >= 15 is 0 Å². The third-order valence-electron chi connectivity index (χ3n) is 6.99. The minimum Gasteiger partial charge on any atom is -0.493 e. The van der Waals surface area contributed by atoms with Crippen LogP contribution in [0.4, 0.5) is 0 Å². The highest BCUT2D eigenvalue weighted by atomic mass is 32.2. The highest BCUT2D eigenvalue weighted by Crippen LogP contribution is 2.43. The summed E-state index contributed by atoms with van der Waals surface area (Å²) < 4.78 is 18.9. The maximum Gasteiger partial charge on any atom is 0.233 e. The van der Waals surface area contributed by atoms with Crippen LogP contribution < -0.4 is 14.2 Å². The largest absolute Gasteiger partial charge is 0.493 e. The van der Waals surface area contributed by atoms with Crippen molar-refractivity contribution in [2.75, 3.05) is 40.2 Å². The summed E-state index contributed by atoms with van der Waals surface area (Å²) in [5, 5.41) is 9.93. The molecular weight excluding hydrogens is 452 g/mol. The molecule has 2 aliphatic rings. The zero-order chi connectivity index (χ0) is 24.1. The number of ether oxygens (including phenoxy) is 3. The van der Waals surface area contributed by atoms with Gasteiger partial charge >= 0.3 is 0 Å². The minimum atomic E-state index is 0.185. The van der Waals surface area contributed by atoms with Crippen molar-refractivity contribution in [1.29, 1.82) is 0 Å². The van der Waals surface area contributed by atoms with Crippen molar-refractivity contribution in [1.82, 2.24) is 19.7 Å². The zero-order valence-corrected chi connectivity index (χ0v) is 21.5. The molecule has 4 rings (SSSR count). The standard InChI is InChI=1S/C25H36N4O4S/c1-17-10-12-28(13-11-17)22(30)16-34-25-27-26-24(29(25)19-8-6-5-7-9-19)18-14-20(31-2)23(33-4)21(15-18)32-3/h14-15,17,19H,5-13,16H2,1-4H3. The molecule has 0 N–H and O–H groups in total. The number of nitrogens with zero attached hydrogens (tertiary/aromatic N) is 4. The fourth-order valence-electron chi connectivity index (χ4n) is 4.93. The SMILES string of the molecule is COc1cc(-c2nnc(SCC(=O)N3CCC(C)CC3)n2C2CCCCC2)cc(OC)c1OC. The van der Waals surface area contributed by atoms with Gasteiger partial charge in [-0.1, -0.05) is 37.9 Å². The molecular formula is C25H36N4O4S. The van der Waals surface area contributed by atoms with Crippen LogP contribution in [-0.4, -0.2) is 65.7 Å². The Morgan fingerprint density at radius 1 is 0.971 bits per heavy atom. The van der Waals surface area contributed by atoms with E-state index in [0.717, 1.165) is 55.3 Å². The summed E-state index contributed by atoms with van der Waals surface area (Å²) in [5.74, 6) is 3.75. The summed E-state index contributed by atoms with van der Waals surface area (Å²) in [6, 6.07) is 4.14. The highest BCUT2D eigenvalue weighted by molar-refractivity contribution is 7.99. The first-order valence-electron chi connectivity index (χ1n) is 12.2. The summed E-state index contributed by atoms with van der Waals surface area (Å²) in [6.07, 6.45) is 7.97. The van der Waals surface area contributed by atoms with Gasteiger partial charge in [0.25, 0.3) is 0 Å². The first-order chi connectivity index (χ1) is 16.5. The number of thioether (sulfide) groups is 1. The molecule has 2 aromatic rings. The Bertz CT molecular complexity index is 956. The molecule has 34 heavy (non-hydrogen) atoms. The van der Waals surface area contributed by atoms with Crippen molar-refractivity contribution in [2.24, 2.45) is 5.92 Å². The maximum absolute atomic E-state index is 12.9. The molecule has 2 heterocycles. The Kier molecular flexibility index (Phi) is 8.24. The first-order valence-corrected chi connectivity index (χ1v) is 13.2. The van der Waals surface area contributed by atoms with Crippen LogP contribution in [0.1, 0.15) is 57.9 Å². The Morgan fingerprint density at radius 3 is 2.21 bits per heavy atom. The van der Waals surface area contributed by atoms with E-state index in [2.05, 4.69) is 21.7 Å². The van der Waals surface area contributed by atoms with E-state index in [4.69, 9.17) is 14.2 Å². The number of piperidine rings is 1. The predicted molar refractivity (Wildman–Crippen MR) is 133 cm³/mol. The van der Waals surface area contributed by atoms with Gasteiger partial charge in [-0.2, -0.15) is 0 Å². The van der Waals surface area contributed by atoms with E-state index in [1.807, 2.05) is 17.0 Å². The van der Waals surface area contributed by atoms with Crippen LogP contribution in [-0.2, 0) is 4.79 Å². The number of rotatable bonds is 8. The molecule has 9 heteroatoms. The number of amides is 1. The van der Waals surface area contributed by atoms with Crippen molar-refractivity contribution in [2.45, 2.75) is 63.1 Å². The lowest BCUT2D eigenvalue weighted by Gasteiger charge is -2.30. The van der Waals surface area contributed by atoms with Crippen molar-refractivity contribution in [3.05, 3.63) is 12.1 Å². The first kappa shape index (κ1) is 24.7. The molecule has 0 spiro atoms. The van der Waals surface area contributed by atoms with Crippen LogP contribution in [0.25, 0.3) is 11.4 Å². The van der Waals surface area contributed by atoms with Crippen molar-refractivity contribution >= 4 is 17.7 Å².